The predicted octanol–water partition coefficient (Wildman–Crippen LogP) is 4.22. The molecule has 0 aliphatic carbocycles. The first-order valence-electron chi connectivity index (χ1n) is 9.86. The molecule has 5 nitrogen and oxygen atoms in total. The Morgan fingerprint density at radius 3 is 2.75 bits per heavy atom. The molecule has 0 spiro atoms. The summed E-state index contributed by atoms with van der Waals surface area (Å²) in [5.74, 6) is 0.0177. The van der Waals surface area contributed by atoms with Crippen LogP contribution in [0.25, 0.3) is 22.0 Å². The molecule has 1 aliphatic heterocycles. The smallest absolute Gasteiger partial charge is 0.220 e. The molecule has 2 aromatic carbocycles. The van der Waals surface area contributed by atoms with E-state index < -0.39 is 0 Å². The first-order chi connectivity index (χ1) is 13.5. The molecule has 0 radical (unpaired) electrons. The van der Waals surface area contributed by atoms with Crippen molar-refractivity contribution in [2.24, 2.45) is 0 Å². The Morgan fingerprint density at radius 1 is 1.25 bits per heavy atom. The summed E-state index contributed by atoms with van der Waals surface area (Å²) in [4.78, 5) is 11.0. The summed E-state index contributed by atoms with van der Waals surface area (Å²) in [6.07, 6.45) is 3.85. The number of hydrogen-bond donors (Lipinski definition) is 2. The van der Waals surface area contributed by atoms with Crippen LogP contribution in [0.2, 0.25) is 0 Å². The van der Waals surface area contributed by atoms with Gasteiger partial charge in [-0.2, -0.15) is 0 Å². The molecule has 0 saturated carbocycles. The van der Waals surface area contributed by atoms with Crippen LogP contribution in [0.3, 0.4) is 0 Å². The van der Waals surface area contributed by atoms with E-state index in [1.807, 2.05) is 25.1 Å². The van der Waals surface area contributed by atoms with Crippen LogP contribution in [0, 0.1) is 12.7 Å². The Kier molecular flexibility index (Phi) is 5.13. The highest BCUT2D eigenvalue weighted by Crippen LogP contribution is 2.34. The molecular weight excluding hydrogens is 353 g/mol. The number of aromatic nitrogens is 2. The van der Waals surface area contributed by atoms with Gasteiger partial charge in [-0.05, 0) is 55.6 Å². The third-order valence-electron chi connectivity index (χ3n) is 5.61. The minimum atomic E-state index is -0.224. The van der Waals surface area contributed by atoms with Gasteiger partial charge in [-0.25, -0.2) is 14.4 Å². The first kappa shape index (κ1) is 18.6. The number of nitrogens with zero attached hydrogens (tertiary/aromatic N) is 3. The largest absolute Gasteiger partial charge is 0.380 e. The molecule has 1 fully saturated rings. The summed E-state index contributed by atoms with van der Waals surface area (Å²) in [7, 11) is 0. The number of benzene rings is 2. The Balaban J connectivity index is 1.76. The van der Waals surface area contributed by atoms with E-state index in [0.29, 0.717) is 11.6 Å². The van der Waals surface area contributed by atoms with Gasteiger partial charge >= 0.3 is 0 Å². The van der Waals surface area contributed by atoms with E-state index in [1.165, 1.54) is 6.07 Å². The molecule has 0 bridgehead atoms. The van der Waals surface area contributed by atoms with Gasteiger partial charge in [0.05, 0.1) is 11.2 Å². The molecule has 28 heavy (non-hydrogen) atoms. The van der Waals surface area contributed by atoms with E-state index in [9.17, 15) is 4.39 Å². The molecule has 6 heteroatoms. The Labute approximate surface area is 164 Å². The number of rotatable bonds is 4. The van der Waals surface area contributed by atoms with Crippen LogP contribution >= 0.6 is 0 Å². The third-order valence-corrected chi connectivity index (χ3v) is 5.61. The second-order valence-corrected chi connectivity index (χ2v) is 7.47. The van der Waals surface area contributed by atoms with Crippen LogP contribution < -0.4 is 11.1 Å². The highest BCUT2D eigenvalue weighted by molar-refractivity contribution is 5.95. The first-order valence-corrected chi connectivity index (χ1v) is 9.86. The molecule has 1 aromatic heterocycles. The summed E-state index contributed by atoms with van der Waals surface area (Å²) in [5.41, 5.74) is 9.85. The Morgan fingerprint density at radius 2 is 2.04 bits per heavy atom. The number of halogens is 1. The number of likely N-dealkylation sites (tertiary alicyclic amines) is 1. The maximum atomic E-state index is 14.6. The molecule has 0 amide bonds. The quantitative estimate of drug-likeness (QED) is 0.710. The fraction of sp³-hybridized carbons (Fsp3) is 0.364. The van der Waals surface area contributed by atoms with Crippen molar-refractivity contribution in [1.29, 1.82) is 0 Å². The van der Waals surface area contributed by atoms with Crippen LogP contribution in [0.4, 0.5) is 16.0 Å². The maximum absolute atomic E-state index is 14.6. The fourth-order valence-corrected chi connectivity index (χ4v) is 4.02. The van der Waals surface area contributed by atoms with E-state index in [1.54, 1.807) is 12.3 Å². The molecule has 146 valence electrons. The van der Waals surface area contributed by atoms with Crippen molar-refractivity contribution in [3.05, 3.63) is 47.9 Å². The second kappa shape index (κ2) is 7.72. The van der Waals surface area contributed by atoms with Crippen molar-refractivity contribution in [2.75, 3.05) is 30.7 Å². The van der Waals surface area contributed by atoms with Crippen LogP contribution in [0.5, 0.6) is 0 Å². The minimum absolute atomic E-state index is 0.224. The molecule has 1 aliphatic rings. The third kappa shape index (κ3) is 3.64. The summed E-state index contributed by atoms with van der Waals surface area (Å²) < 4.78 is 14.6. The van der Waals surface area contributed by atoms with Gasteiger partial charge in [-0.15, -0.1) is 0 Å². The minimum Gasteiger partial charge on any atom is -0.380 e. The van der Waals surface area contributed by atoms with Gasteiger partial charge in [0.15, 0.2) is 0 Å². The summed E-state index contributed by atoms with van der Waals surface area (Å²) in [6, 6.07) is 9.45. The fourth-order valence-electron chi connectivity index (χ4n) is 4.02. The van der Waals surface area contributed by atoms with Gasteiger partial charge in [0.2, 0.25) is 5.95 Å². The number of fused-ring (bicyclic) bond motifs is 1. The van der Waals surface area contributed by atoms with Crippen molar-refractivity contribution in [2.45, 2.75) is 32.7 Å². The van der Waals surface area contributed by atoms with Gasteiger partial charge in [-0.3, -0.25) is 0 Å². The van der Waals surface area contributed by atoms with Crippen LogP contribution in [0.1, 0.15) is 25.3 Å². The van der Waals surface area contributed by atoms with Gasteiger partial charge in [-0.1, -0.05) is 19.1 Å². The van der Waals surface area contributed by atoms with E-state index >= 15 is 0 Å². The molecule has 4 rings (SSSR count). The van der Waals surface area contributed by atoms with Gasteiger partial charge in [0, 0.05) is 36.3 Å². The van der Waals surface area contributed by atoms with E-state index in [-0.39, 0.29) is 11.8 Å². The van der Waals surface area contributed by atoms with E-state index in [2.05, 4.69) is 27.1 Å². The second-order valence-electron chi connectivity index (χ2n) is 7.47. The van der Waals surface area contributed by atoms with Gasteiger partial charge in [0.1, 0.15) is 5.82 Å². The average Bonchev–Trinajstić information content (AvgIpc) is 2.69. The number of nitrogens with two attached hydrogens (primary N) is 1. The number of aryl methyl sites for hydroxylation is 1. The molecule has 0 atom stereocenters. The lowest BCUT2D eigenvalue weighted by Gasteiger charge is -2.32. The van der Waals surface area contributed by atoms with Crippen molar-refractivity contribution >= 4 is 22.5 Å². The number of nitrogen functional groups attached to an aromatic ring is 1. The topological polar surface area (TPSA) is 67.1 Å². The molecule has 2 heterocycles. The van der Waals surface area contributed by atoms with Crippen molar-refractivity contribution in [1.82, 2.24) is 14.9 Å². The average molecular weight is 379 g/mol. The number of nitrogens with one attached hydrogen (secondary N) is 1. The Bertz CT molecular complexity index is 975. The zero-order valence-electron chi connectivity index (χ0n) is 16.4. The Hall–Kier alpha value is -2.73. The highest BCUT2D eigenvalue weighted by Gasteiger charge is 2.20. The highest BCUT2D eigenvalue weighted by atomic mass is 19.1. The lowest BCUT2D eigenvalue weighted by molar-refractivity contribution is 0.229. The zero-order valence-corrected chi connectivity index (χ0v) is 16.4. The SMILES string of the molecule is CCN1CCC(Nc2cc(-c3c(C)cccc3F)cc3cnc(N)nc23)CC1. The van der Waals surface area contributed by atoms with E-state index in [4.69, 9.17) is 5.73 Å². The zero-order chi connectivity index (χ0) is 19.7. The molecule has 1 saturated heterocycles. The van der Waals surface area contributed by atoms with E-state index in [0.717, 1.165) is 60.2 Å². The van der Waals surface area contributed by atoms with Crippen LogP contribution in [-0.4, -0.2) is 40.5 Å². The predicted molar refractivity (Wildman–Crippen MR) is 113 cm³/mol. The van der Waals surface area contributed by atoms with Crippen molar-refractivity contribution in [3.63, 3.8) is 0 Å². The lowest BCUT2D eigenvalue weighted by atomic mass is 9.97. The number of hydrogen-bond acceptors (Lipinski definition) is 5. The normalized spacial score (nSPS) is 15.8. The van der Waals surface area contributed by atoms with Gasteiger partial charge in [0.25, 0.3) is 0 Å². The van der Waals surface area contributed by atoms with Crippen molar-refractivity contribution in [3.8, 4) is 11.1 Å². The molecule has 3 N–H and O–H groups in total. The van der Waals surface area contributed by atoms with Crippen molar-refractivity contribution < 1.29 is 4.39 Å². The summed E-state index contributed by atoms with van der Waals surface area (Å²) in [5, 5.41) is 4.50. The van der Waals surface area contributed by atoms with Crippen LogP contribution in [0.15, 0.2) is 36.5 Å². The van der Waals surface area contributed by atoms with Gasteiger partial charge < -0.3 is 16.0 Å². The van der Waals surface area contributed by atoms with Crippen LogP contribution in [-0.2, 0) is 0 Å². The molecular formula is C22H26FN5. The lowest BCUT2D eigenvalue weighted by Crippen LogP contribution is -2.38. The monoisotopic (exact) mass is 379 g/mol. The number of piperidine rings is 1. The molecule has 3 aromatic rings. The standard InChI is InChI=1S/C22H26FN5/c1-3-28-9-7-17(8-10-28)26-19-12-15(20-14(2)5-4-6-18(20)23)11-16-13-25-22(24)27-21(16)19/h4-6,11-13,17,26H,3,7-10H2,1-2H3,(H2,24,25,27). The summed E-state index contributed by atoms with van der Waals surface area (Å²) in [6.45, 7) is 7.36. The summed E-state index contributed by atoms with van der Waals surface area (Å²) >= 11 is 0. The maximum Gasteiger partial charge on any atom is 0.220 e. The number of anilines is 2. The molecule has 0 unspecified atom stereocenters.